The lowest BCUT2D eigenvalue weighted by atomic mass is 10.1. The summed E-state index contributed by atoms with van der Waals surface area (Å²) in [5.74, 6) is -0.518. The van der Waals surface area contributed by atoms with Gasteiger partial charge in [0, 0.05) is 37.2 Å². The van der Waals surface area contributed by atoms with Crippen molar-refractivity contribution in [2.24, 2.45) is 0 Å². The zero-order valence-electron chi connectivity index (χ0n) is 16.9. The second-order valence-electron chi connectivity index (χ2n) is 7.34. The van der Waals surface area contributed by atoms with E-state index in [0.717, 1.165) is 12.1 Å². The van der Waals surface area contributed by atoms with Gasteiger partial charge in [-0.05, 0) is 41.8 Å². The highest BCUT2D eigenvalue weighted by Gasteiger charge is 2.31. The van der Waals surface area contributed by atoms with Gasteiger partial charge in [0.1, 0.15) is 0 Å². The summed E-state index contributed by atoms with van der Waals surface area (Å²) in [4.78, 5) is 29.0. The number of amides is 2. The second-order valence-corrected chi connectivity index (χ2v) is 8.12. The highest BCUT2D eigenvalue weighted by atomic mass is 32.1. The molecule has 5 nitrogen and oxygen atoms in total. The van der Waals surface area contributed by atoms with Gasteiger partial charge < -0.3 is 15.1 Å². The first kappa shape index (κ1) is 21.9. The number of piperazine rings is 1. The van der Waals surface area contributed by atoms with Gasteiger partial charge in [0.2, 0.25) is 0 Å². The highest BCUT2D eigenvalue weighted by Crippen LogP contribution is 2.32. The Balaban J connectivity index is 1.44. The summed E-state index contributed by atoms with van der Waals surface area (Å²) in [5, 5.41) is 6.32. The molecule has 1 aromatic heterocycles. The molecule has 2 heterocycles. The third-order valence-electron chi connectivity index (χ3n) is 5.29. The largest absolute Gasteiger partial charge is 0.416 e. The van der Waals surface area contributed by atoms with Crippen LogP contribution in [0.4, 0.5) is 24.5 Å². The molecule has 166 valence electrons. The van der Waals surface area contributed by atoms with Crippen molar-refractivity contribution in [1.82, 2.24) is 4.90 Å². The van der Waals surface area contributed by atoms with Crippen LogP contribution in [0.5, 0.6) is 0 Å². The molecule has 0 atom stereocenters. The average molecular weight is 459 g/mol. The number of alkyl halides is 3. The lowest BCUT2D eigenvalue weighted by Crippen LogP contribution is -2.49. The number of halogens is 3. The van der Waals surface area contributed by atoms with Crippen molar-refractivity contribution in [2.75, 3.05) is 36.4 Å². The van der Waals surface area contributed by atoms with Crippen molar-refractivity contribution < 1.29 is 22.8 Å². The van der Waals surface area contributed by atoms with Crippen LogP contribution in [0.25, 0.3) is 0 Å². The van der Waals surface area contributed by atoms with Crippen LogP contribution in [0.3, 0.4) is 0 Å². The number of hydrogen-bond acceptors (Lipinski definition) is 4. The number of hydrogen-bond donors (Lipinski definition) is 1. The Morgan fingerprint density at radius 1 is 0.938 bits per heavy atom. The summed E-state index contributed by atoms with van der Waals surface area (Å²) in [6.07, 6.45) is -4.40. The molecule has 0 aliphatic carbocycles. The number of thiophene rings is 1. The van der Waals surface area contributed by atoms with Crippen molar-refractivity contribution >= 4 is 34.5 Å². The standard InChI is InChI=1S/C23H20F3N3O2S/c24-23(25,26)17-4-3-5-18(14-17)28-9-11-29(12-10-28)22(31)19-6-1-2-7-20(19)27-21(30)16-8-13-32-15-16/h1-8,13-15H,9-12H2,(H,27,30). The monoisotopic (exact) mass is 459 g/mol. The molecule has 0 saturated carbocycles. The molecule has 2 aromatic carbocycles. The lowest BCUT2D eigenvalue weighted by molar-refractivity contribution is -0.137. The zero-order valence-corrected chi connectivity index (χ0v) is 17.7. The van der Waals surface area contributed by atoms with Crippen LogP contribution in [-0.4, -0.2) is 42.9 Å². The molecule has 1 N–H and O–H groups in total. The first-order valence-electron chi connectivity index (χ1n) is 9.97. The van der Waals surface area contributed by atoms with Crippen molar-refractivity contribution in [3.63, 3.8) is 0 Å². The fourth-order valence-corrected chi connectivity index (χ4v) is 4.22. The minimum atomic E-state index is -4.40. The van der Waals surface area contributed by atoms with Gasteiger partial charge in [-0.1, -0.05) is 18.2 Å². The fourth-order valence-electron chi connectivity index (χ4n) is 3.58. The predicted octanol–water partition coefficient (Wildman–Crippen LogP) is 4.98. The van der Waals surface area contributed by atoms with Gasteiger partial charge in [-0.25, -0.2) is 0 Å². The SMILES string of the molecule is O=C(Nc1ccccc1C(=O)N1CCN(c2cccc(C(F)(F)F)c2)CC1)c1ccsc1. The van der Waals surface area contributed by atoms with Gasteiger partial charge in [-0.3, -0.25) is 9.59 Å². The van der Waals surface area contributed by atoms with Crippen LogP contribution in [0.15, 0.2) is 65.4 Å². The van der Waals surface area contributed by atoms with Crippen molar-refractivity contribution in [1.29, 1.82) is 0 Å². The number of nitrogens with zero attached hydrogens (tertiary/aromatic N) is 2. The molecule has 1 aliphatic heterocycles. The smallest absolute Gasteiger partial charge is 0.368 e. The molecule has 1 aliphatic rings. The van der Waals surface area contributed by atoms with Crippen molar-refractivity contribution in [3.05, 3.63) is 82.0 Å². The minimum absolute atomic E-state index is 0.227. The van der Waals surface area contributed by atoms with E-state index in [4.69, 9.17) is 0 Å². The van der Waals surface area contributed by atoms with E-state index < -0.39 is 11.7 Å². The Bertz CT molecular complexity index is 1110. The number of carbonyl (C=O) groups is 2. The van der Waals surface area contributed by atoms with E-state index in [1.807, 2.05) is 4.90 Å². The van der Waals surface area contributed by atoms with Crippen LogP contribution in [-0.2, 0) is 6.18 Å². The topological polar surface area (TPSA) is 52.7 Å². The summed E-state index contributed by atoms with van der Waals surface area (Å²) in [5.41, 5.74) is 1.11. The van der Waals surface area contributed by atoms with Crippen LogP contribution >= 0.6 is 11.3 Å². The molecule has 32 heavy (non-hydrogen) atoms. The Labute approximate surface area is 187 Å². The zero-order chi connectivity index (χ0) is 22.7. The van der Waals surface area contributed by atoms with Gasteiger partial charge in [-0.15, -0.1) is 0 Å². The maximum absolute atomic E-state index is 13.1. The molecule has 3 aromatic rings. The molecule has 1 fully saturated rings. The molecule has 0 bridgehead atoms. The van der Waals surface area contributed by atoms with Crippen molar-refractivity contribution in [3.8, 4) is 0 Å². The van der Waals surface area contributed by atoms with Gasteiger partial charge in [0.25, 0.3) is 11.8 Å². The Morgan fingerprint density at radius 3 is 2.38 bits per heavy atom. The maximum Gasteiger partial charge on any atom is 0.416 e. The molecule has 1 saturated heterocycles. The molecule has 0 radical (unpaired) electrons. The third-order valence-corrected chi connectivity index (χ3v) is 5.98. The Morgan fingerprint density at radius 2 is 1.69 bits per heavy atom. The molecular weight excluding hydrogens is 439 g/mol. The highest BCUT2D eigenvalue weighted by molar-refractivity contribution is 7.08. The molecule has 0 unspecified atom stereocenters. The molecule has 4 rings (SSSR count). The van der Waals surface area contributed by atoms with Crippen LogP contribution in [0.2, 0.25) is 0 Å². The molecule has 2 amide bonds. The van der Waals surface area contributed by atoms with E-state index in [-0.39, 0.29) is 11.8 Å². The van der Waals surface area contributed by atoms with Crippen LogP contribution in [0.1, 0.15) is 26.3 Å². The van der Waals surface area contributed by atoms with Crippen LogP contribution < -0.4 is 10.2 Å². The average Bonchev–Trinajstić information content (AvgIpc) is 3.34. The summed E-state index contributed by atoms with van der Waals surface area (Å²) in [7, 11) is 0. The molecule has 9 heteroatoms. The summed E-state index contributed by atoms with van der Waals surface area (Å²) in [6, 6.07) is 13.7. The number of benzene rings is 2. The van der Waals surface area contributed by atoms with E-state index >= 15 is 0 Å². The number of anilines is 2. The Hall–Kier alpha value is -3.33. The number of rotatable bonds is 4. The van der Waals surface area contributed by atoms with Gasteiger partial charge in [0.05, 0.1) is 22.4 Å². The van der Waals surface area contributed by atoms with Crippen molar-refractivity contribution in [2.45, 2.75) is 6.18 Å². The van der Waals surface area contributed by atoms with E-state index in [1.165, 1.54) is 17.4 Å². The second kappa shape index (κ2) is 9.04. The molecular formula is C23H20F3N3O2S. The third kappa shape index (κ3) is 4.77. The normalized spacial score (nSPS) is 14.3. The summed E-state index contributed by atoms with van der Waals surface area (Å²) in [6.45, 7) is 1.55. The lowest BCUT2D eigenvalue weighted by Gasteiger charge is -2.36. The van der Waals surface area contributed by atoms with E-state index in [2.05, 4.69) is 5.32 Å². The number of para-hydroxylation sites is 1. The maximum atomic E-state index is 13.1. The minimum Gasteiger partial charge on any atom is -0.368 e. The van der Waals surface area contributed by atoms with E-state index in [9.17, 15) is 22.8 Å². The Kier molecular flexibility index (Phi) is 6.18. The predicted molar refractivity (Wildman–Crippen MR) is 118 cm³/mol. The van der Waals surface area contributed by atoms with Gasteiger partial charge in [0.15, 0.2) is 0 Å². The first-order valence-corrected chi connectivity index (χ1v) is 10.9. The van der Waals surface area contributed by atoms with Gasteiger partial charge >= 0.3 is 6.18 Å². The summed E-state index contributed by atoms with van der Waals surface area (Å²) < 4.78 is 39.0. The van der Waals surface area contributed by atoms with E-state index in [0.29, 0.717) is 48.7 Å². The molecule has 0 spiro atoms. The quantitative estimate of drug-likeness (QED) is 0.599. The first-order chi connectivity index (χ1) is 15.3. The van der Waals surface area contributed by atoms with Crippen LogP contribution in [0, 0.1) is 0 Å². The summed E-state index contributed by atoms with van der Waals surface area (Å²) >= 11 is 1.41. The van der Waals surface area contributed by atoms with E-state index in [1.54, 1.807) is 52.1 Å². The van der Waals surface area contributed by atoms with Gasteiger partial charge in [-0.2, -0.15) is 24.5 Å². The number of carbonyl (C=O) groups excluding carboxylic acids is 2. The number of nitrogens with one attached hydrogen (secondary N) is 1. The fraction of sp³-hybridized carbons (Fsp3) is 0.217.